The number of fused-ring (bicyclic) bond motifs is 1. The molecule has 110 valence electrons. The van der Waals surface area contributed by atoms with Crippen molar-refractivity contribution < 1.29 is 4.79 Å². The molecule has 1 aliphatic rings. The average Bonchev–Trinajstić information content (AvgIpc) is 2.44. The molecule has 1 amide bonds. The summed E-state index contributed by atoms with van der Waals surface area (Å²) in [6.45, 7) is 6.54. The molecule has 0 spiro atoms. The number of aromatic nitrogens is 1. The number of carbonyl (C=O) groups excluding carboxylic acids is 1. The Morgan fingerprint density at radius 1 is 1.40 bits per heavy atom. The maximum Gasteiger partial charge on any atom is 0.229 e. The largest absolute Gasteiger partial charge is 0.353 e. The van der Waals surface area contributed by atoms with E-state index in [1.54, 1.807) is 6.20 Å². The smallest absolute Gasteiger partial charge is 0.229 e. The van der Waals surface area contributed by atoms with E-state index >= 15 is 0 Å². The summed E-state index contributed by atoms with van der Waals surface area (Å²) in [5.74, 6) is 0.786. The number of amides is 1. The van der Waals surface area contributed by atoms with Crippen molar-refractivity contribution in [3.8, 4) is 0 Å². The van der Waals surface area contributed by atoms with Crippen molar-refractivity contribution in [2.45, 2.75) is 64.8 Å². The van der Waals surface area contributed by atoms with E-state index in [0.29, 0.717) is 5.92 Å². The van der Waals surface area contributed by atoms with Gasteiger partial charge in [0.25, 0.3) is 0 Å². The molecule has 2 rings (SSSR count). The summed E-state index contributed by atoms with van der Waals surface area (Å²) in [6.07, 6.45) is 7.05. The second kappa shape index (κ2) is 6.87. The van der Waals surface area contributed by atoms with E-state index in [0.717, 1.165) is 37.8 Å². The Hall–Kier alpha value is -1.38. The minimum absolute atomic E-state index is 0.0542. The monoisotopic (exact) mass is 274 g/mol. The van der Waals surface area contributed by atoms with E-state index in [2.05, 4.69) is 37.1 Å². The Bertz CT molecular complexity index is 456. The molecule has 0 radical (unpaired) electrons. The molecule has 3 nitrogen and oxygen atoms in total. The van der Waals surface area contributed by atoms with Crippen molar-refractivity contribution in [2.24, 2.45) is 5.92 Å². The molecule has 1 aliphatic carbocycles. The van der Waals surface area contributed by atoms with Gasteiger partial charge in [0.2, 0.25) is 5.91 Å². The van der Waals surface area contributed by atoms with Crippen LogP contribution in [-0.4, -0.2) is 16.9 Å². The van der Waals surface area contributed by atoms with Gasteiger partial charge < -0.3 is 5.32 Å². The number of pyridine rings is 1. The molecule has 1 N–H and O–H groups in total. The number of carbonyl (C=O) groups is 1. The number of hydrogen-bond acceptors (Lipinski definition) is 2. The lowest BCUT2D eigenvalue weighted by atomic mass is 9.86. The van der Waals surface area contributed by atoms with Gasteiger partial charge in [0.15, 0.2) is 0 Å². The minimum Gasteiger partial charge on any atom is -0.353 e. The fourth-order valence-electron chi connectivity index (χ4n) is 2.86. The van der Waals surface area contributed by atoms with Crippen LogP contribution in [0.5, 0.6) is 0 Å². The predicted octanol–water partition coefficient (Wildman–Crippen LogP) is 3.44. The summed E-state index contributed by atoms with van der Waals surface area (Å²) in [7, 11) is 0. The molecule has 0 saturated heterocycles. The third kappa shape index (κ3) is 3.81. The number of nitrogens with one attached hydrogen (secondary N) is 1. The standard InChI is InChI=1S/C17H26N2O/c1-12(2)9-10-13(3)19-17(20)15-8-4-6-14-7-5-11-18-16(14)15/h5,7,11-13,15H,4,6,8-10H2,1-3H3,(H,19,20)/t13-,15+/m1/s1. The summed E-state index contributed by atoms with van der Waals surface area (Å²) in [5, 5.41) is 3.17. The Morgan fingerprint density at radius 2 is 2.20 bits per heavy atom. The molecule has 3 heteroatoms. The van der Waals surface area contributed by atoms with Gasteiger partial charge >= 0.3 is 0 Å². The molecule has 0 aliphatic heterocycles. The van der Waals surface area contributed by atoms with E-state index < -0.39 is 0 Å². The molecule has 1 aromatic heterocycles. The lowest BCUT2D eigenvalue weighted by Crippen LogP contribution is -2.37. The zero-order valence-electron chi connectivity index (χ0n) is 12.9. The zero-order valence-corrected chi connectivity index (χ0v) is 12.9. The quantitative estimate of drug-likeness (QED) is 0.893. The first kappa shape index (κ1) is 15.0. The maximum atomic E-state index is 12.5. The molecule has 0 aromatic carbocycles. The van der Waals surface area contributed by atoms with Crippen LogP contribution in [-0.2, 0) is 11.2 Å². The van der Waals surface area contributed by atoms with Gasteiger partial charge in [-0.25, -0.2) is 0 Å². The van der Waals surface area contributed by atoms with Crippen LogP contribution in [0.3, 0.4) is 0 Å². The van der Waals surface area contributed by atoms with Gasteiger partial charge in [-0.1, -0.05) is 19.9 Å². The second-order valence-corrected chi connectivity index (χ2v) is 6.37. The van der Waals surface area contributed by atoms with Crippen LogP contribution in [0.4, 0.5) is 0 Å². The molecule has 1 aromatic rings. The lowest BCUT2D eigenvalue weighted by molar-refractivity contribution is -0.123. The van der Waals surface area contributed by atoms with Gasteiger partial charge in [0.05, 0.1) is 11.6 Å². The van der Waals surface area contributed by atoms with E-state index in [-0.39, 0.29) is 17.9 Å². The van der Waals surface area contributed by atoms with Crippen molar-refractivity contribution in [1.82, 2.24) is 10.3 Å². The second-order valence-electron chi connectivity index (χ2n) is 6.37. The van der Waals surface area contributed by atoms with Crippen LogP contribution >= 0.6 is 0 Å². The van der Waals surface area contributed by atoms with Crippen LogP contribution < -0.4 is 5.32 Å². The third-order valence-electron chi connectivity index (χ3n) is 4.08. The molecule has 0 fully saturated rings. The molecule has 0 saturated carbocycles. The van der Waals surface area contributed by atoms with Crippen LogP contribution in [0.2, 0.25) is 0 Å². The summed E-state index contributed by atoms with van der Waals surface area (Å²) in [4.78, 5) is 16.9. The van der Waals surface area contributed by atoms with E-state index in [1.807, 2.05) is 6.07 Å². The first-order valence-corrected chi connectivity index (χ1v) is 7.82. The topological polar surface area (TPSA) is 42.0 Å². The highest BCUT2D eigenvalue weighted by Crippen LogP contribution is 2.30. The molecule has 1 heterocycles. The number of nitrogens with zero attached hydrogens (tertiary/aromatic N) is 1. The van der Waals surface area contributed by atoms with Crippen molar-refractivity contribution in [2.75, 3.05) is 0 Å². The highest BCUT2D eigenvalue weighted by atomic mass is 16.1. The van der Waals surface area contributed by atoms with Gasteiger partial charge in [-0.15, -0.1) is 0 Å². The number of hydrogen-bond donors (Lipinski definition) is 1. The maximum absolute atomic E-state index is 12.5. The fourth-order valence-corrected chi connectivity index (χ4v) is 2.86. The third-order valence-corrected chi connectivity index (χ3v) is 4.08. The molecular formula is C17H26N2O. The zero-order chi connectivity index (χ0) is 14.5. The summed E-state index contributed by atoms with van der Waals surface area (Å²) in [6, 6.07) is 4.31. The molecule has 20 heavy (non-hydrogen) atoms. The molecule has 2 atom stereocenters. The van der Waals surface area contributed by atoms with Crippen LogP contribution in [0.15, 0.2) is 18.3 Å². The Kier molecular flexibility index (Phi) is 5.16. The summed E-state index contributed by atoms with van der Waals surface area (Å²) in [5.41, 5.74) is 2.24. The normalized spacial score (nSPS) is 19.5. The summed E-state index contributed by atoms with van der Waals surface area (Å²) >= 11 is 0. The Labute approximate surface area is 122 Å². The van der Waals surface area contributed by atoms with Crippen molar-refractivity contribution in [1.29, 1.82) is 0 Å². The first-order valence-electron chi connectivity index (χ1n) is 7.82. The van der Waals surface area contributed by atoms with E-state index in [4.69, 9.17) is 0 Å². The van der Waals surface area contributed by atoms with Gasteiger partial charge in [-0.3, -0.25) is 9.78 Å². The average molecular weight is 274 g/mol. The fraction of sp³-hybridized carbons (Fsp3) is 0.647. The predicted molar refractivity (Wildman–Crippen MR) is 81.6 cm³/mol. The van der Waals surface area contributed by atoms with Gasteiger partial charge in [-0.05, 0) is 56.6 Å². The number of rotatable bonds is 5. The highest BCUT2D eigenvalue weighted by Gasteiger charge is 2.28. The van der Waals surface area contributed by atoms with Crippen LogP contribution in [0.1, 0.15) is 63.6 Å². The minimum atomic E-state index is -0.0542. The van der Waals surface area contributed by atoms with Crippen molar-refractivity contribution in [3.63, 3.8) is 0 Å². The van der Waals surface area contributed by atoms with Gasteiger partial charge in [0.1, 0.15) is 0 Å². The molecule has 0 unspecified atom stereocenters. The molecular weight excluding hydrogens is 248 g/mol. The highest BCUT2D eigenvalue weighted by molar-refractivity contribution is 5.84. The summed E-state index contributed by atoms with van der Waals surface area (Å²) < 4.78 is 0. The first-order chi connectivity index (χ1) is 9.58. The van der Waals surface area contributed by atoms with E-state index in [1.165, 1.54) is 5.56 Å². The van der Waals surface area contributed by atoms with Crippen molar-refractivity contribution >= 4 is 5.91 Å². The van der Waals surface area contributed by atoms with E-state index in [9.17, 15) is 4.79 Å². The Morgan fingerprint density at radius 3 is 2.95 bits per heavy atom. The van der Waals surface area contributed by atoms with Crippen LogP contribution in [0.25, 0.3) is 0 Å². The Balaban J connectivity index is 1.97. The van der Waals surface area contributed by atoms with Crippen molar-refractivity contribution in [3.05, 3.63) is 29.6 Å². The molecule has 0 bridgehead atoms. The SMILES string of the molecule is CC(C)CC[C@@H](C)NC(=O)[C@H]1CCCc2cccnc21. The van der Waals surface area contributed by atoms with Gasteiger partial charge in [0, 0.05) is 12.2 Å². The van der Waals surface area contributed by atoms with Gasteiger partial charge in [-0.2, -0.15) is 0 Å². The van der Waals surface area contributed by atoms with Crippen LogP contribution in [0, 0.1) is 5.92 Å². The lowest BCUT2D eigenvalue weighted by Gasteiger charge is -2.25. The number of aryl methyl sites for hydroxylation is 1.